The number of hydrogen-bond donors (Lipinski definition) is 1. The van der Waals surface area contributed by atoms with Gasteiger partial charge >= 0.3 is 0 Å². The fourth-order valence-electron chi connectivity index (χ4n) is 2.41. The molecule has 1 saturated heterocycles. The van der Waals surface area contributed by atoms with E-state index in [1.165, 1.54) is 4.90 Å². The summed E-state index contributed by atoms with van der Waals surface area (Å²) < 4.78 is 11.3. The zero-order valence-corrected chi connectivity index (χ0v) is 12.6. The molecule has 1 aromatic carbocycles. The number of carbonyl (C=O) groups is 1. The SMILES string of the molecule is CC(=O)c1ccc(OC(C)C)c(C[NH+]2CCOCC2)c1. The smallest absolute Gasteiger partial charge is 0.159 e. The fourth-order valence-corrected chi connectivity index (χ4v) is 2.41. The van der Waals surface area contributed by atoms with Gasteiger partial charge in [0, 0.05) is 11.1 Å². The molecular weight excluding hydrogens is 254 g/mol. The molecule has 0 aliphatic carbocycles. The Morgan fingerprint density at radius 1 is 1.35 bits per heavy atom. The molecule has 0 atom stereocenters. The number of hydrogen-bond acceptors (Lipinski definition) is 3. The molecule has 0 bridgehead atoms. The first-order valence-corrected chi connectivity index (χ1v) is 7.28. The zero-order chi connectivity index (χ0) is 14.5. The van der Waals surface area contributed by atoms with Crippen LogP contribution in [-0.2, 0) is 11.3 Å². The van der Waals surface area contributed by atoms with E-state index in [-0.39, 0.29) is 11.9 Å². The quantitative estimate of drug-likeness (QED) is 0.820. The van der Waals surface area contributed by atoms with Gasteiger partial charge in [-0.2, -0.15) is 0 Å². The predicted octanol–water partition coefficient (Wildman–Crippen LogP) is 1.09. The van der Waals surface area contributed by atoms with Crippen LogP contribution in [-0.4, -0.2) is 38.2 Å². The zero-order valence-electron chi connectivity index (χ0n) is 12.6. The Balaban J connectivity index is 2.20. The molecule has 2 rings (SSSR count). The van der Waals surface area contributed by atoms with Crippen molar-refractivity contribution < 1.29 is 19.2 Å². The molecule has 20 heavy (non-hydrogen) atoms. The van der Waals surface area contributed by atoms with E-state index in [1.54, 1.807) is 6.92 Å². The van der Waals surface area contributed by atoms with Crippen LogP contribution >= 0.6 is 0 Å². The Labute approximate surface area is 120 Å². The number of quaternary nitrogens is 1. The van der Waals surface area contributed by atoms with Crippen LogP contribution in [0.3, 0.4) is 0 Å². The van der Waals surface area contributed by atoms with Gasteiger partial charge in [0.25, 0.3) is 0 Å². The summed E-state index contributed by atoms with van der Waals surface area (Å²) in [5, 5.41) is 0. The van der Waals surface area contributed by atoms with Crippen LogP contribution in [0.2, 0.25) is 0 Å². The maximum atomic E-state index is 11.6. The maximum absolute atomic E-state index is 11.6. The standard InChI is InChI=1S/C16H23NO3/c1-12(2)20-16-5-4-14(13(3)18)10-15(16)11-17-6-8-19-9-7-17/h4-5,10,12H,6-9,11H2,1-3H3/p+1. The van der Waals surface area contributed by atoms with E-state index >= 15 is 0 Å². The molecule has 0 amide bonds. The third-order valence-corrected chi connectivity index (χ3v) is 3.47. The summed E-state index contributed by atoms with van der Waals surface area (Å²) >= 11 is 0. The molecule has 1 fully saturated rings. The minimum absolute atomic E-state index is 0.0966. The Morgan fingerprint density at radius 3 is 2.65 bits per heavy atom. The van der Waals surface area contributed by atoms with Gasteiger partial charge in [-0.05, 0) is 39.0 Å². The summed E-state index contributed by atoms with van der Waals surface area (Å²) in [6.07, 6.45) is 0.136. The average molecular weight is 278 g/mol. The number of carbonyl (C=O) groups excluding carboxylic acids is 1. The lowest BCUT2D eigenvalue weighted by Gasteiger charge is -2.25. The molecule has 4 nitrogen and oxygen atoms in total. The van der Waals surface area contributed by atoms with Crippen LogP contribution in [0.1, 0.15) is 36.7 Å². The lowest BCUT2D eigenvalue weighted by molar-refractivity contribution is -0.921. The second-order valence-electron chi connectivity index (χ2n) is 5.58. The van der Waals surface area contributed by atoms with Crippen molar-refractivity contribution in [1.82, 2.24) is 0 Å². The van der Waals surface area contributed by atoms with Gasteiger partial charge < -0.3 is 14.4 Å². The molecule has 0 unspecified atom stereocenters. The van der Waals surface area contributed by atoms with Crippen molar-refractivity contribution in [3.05, 3.63) is 29.3 Å². The first-order chi connectivity index (χ1) is 9.56. The van der Waals surface area contributed by atoms with Crippen LogP contribution in [0.15, 0.2) is 18.2 Å². The van der Waals surface area contributed by atoms with E-state index in [0.29, 0.717) is 0 Å². The third kappa shape index (κ3) is 4.05. The largest absolute Gasteiger partial charge is 0.490 e. The highest BCUT2D eigenvalue weighted by Gasteiger charge is 2.18. The topological polar surface area (TPSA) is 40.0 Å². The lowest BCUT2D eigenvalue weighted by atomic mass is 10.1. The van der Waals surface area contributed by atoms with Crippen molar-refractivity contribution in [3.63, 3.8) is 0 Å². The molecule has 0 radical (unpaired) electrons. The van der Waals surface area contributed by atoms with Crippen molar-refractivity contribution in [2.45, 2.75) is 33.4 Å². The fraction of sp³-hybridized carbons (Fsp3) is 0.562. The Kier molecular flexibility index (Phi) is 5.15. The van der Waals surface area contributed by atoms with Crippen molar-refractivity contribution in [2.75, 3.05) is 26.3 Å². The summed E-state index contributed by atoms with van der Waals surface area (Å²) in [5.74, 6) is 0.989. The molecule has 0 aromatic heterocycles. The highest BCUT2D eigenvalue weighted by Crippen LogP contribution is 2.21. The van der Waals surface area contributed by atoms with Crippen LogP contribution in [0.4, 0.5) is 0 Å². The van der Waals surface area contributed by atoms with Gasteiger partial charge in [-0.3, -0.25) is 4.79 Å². The number of nitrogens with one attached hydrogen (secondary N) is 1. The van der Waals surface area contributed by atoms with Gasteiger partial charge in [-0.25, -0.2) is 0 Å². The van der Waals surface area contributed by atoms with Gasteiger partial charge in [0.05, 0.1) is 19.3 Å². The molecule has 1 N–H and O–H groups in total. The maximum Gasteiger partial charge on any atom is 0.159 e. The molecular formula is C16H24NO3+. The van der Waals surface area contributed by atoms with Crippen molar-refractivity contribution in [1.29, 1.82) is 0 Å². The highest BCUT2D eigenvalue weighted by atomic mass is 16.5. The average Bonchev–Trinajstić information content (AvgIpc) is 2.41. The second kappa shape index (κ2) is 6.86. The molecule has 4 heteroatoms. The molecule has 0 saturated carbocycles. The normalized spacial score (nSPS) is 16.4. The minimum Gasteiger partial charge on any atom is -0.490 e. The van der Waals surface area contributed by atoms with Crippen molar-refractivity contribution in [3.8, 4) is 5.75 Å². The second-order valence-corrected chi connectivity index (χ2v) is 5.58. The van der Waals surface area contributed by atoms with E-state index in [0.717, 1.165) is 49.7 Å². The van der Waals surface area contributed by atoms with Crippen LogP contribution in [0, 0.1) is 0 Å². The molecule has 1 aliphatic heterocycles. The summed E-state index contributed by atoms with van der Waals surface area (Å²) in [6, 6.07) is 5.74. The van der Waals surface area contributed by atoms with Gasteiger partial charge in [0.1, 0.15) is 25.4 Å². The first-order valence-electron chi connectivity index (χ1n) is 7.28. The predicted molar refractivity (Wildman–Crippen MR) is 77.4 cm³/mol. The summed E-state index contributed by atoms with van der Waals surface area (Å²) in [7, 11) is 0. The Hall–Kier alpha value is -1.39. The first kappa shape index (κ1) is 15.0. The van der Waals surface area contributed by atoms with Gasteiger partial charge in [0.2, 0.25) is 0 Å². The van der Waals surface area contributed by atoms with Gasteiger partial charge in [-0.15, -0.1) is 0 Å². The molecule has 0 spiro atoms. The number of Topliss-reactive ketones (excluding diaryl/α,β-unsaturated/α-hetero) is 1. The number of ether oxygens (including phenoxy) is 2. The third-order valence-electron chi connectivity index (χ3n) is 3.47. The lowest BCUT2D eigenvalue weighted by Crippen LogP contribution is -3.12. The van der Waals surface area contributed by atoms with Crippen LogP contribution in [0.5, 0.6) is 5.75 Å². The van der Waals surface area contributed by atoms with Crippen LogP contribution in [0.25, 0.3) is 0 Å². The van der Waals surface area contributed by atoms with E-state index in [2.05, 4.69) is 0 Å². The van der Waals surface area contributed by atoms with E-state index < -0.39 is 0 Å². The summed E-state index contributed by atoms with van der Waals surface area (Å²) in [5.41, 5.74) is 1.87. The van der Waals surface area contributed by atoms with Gasteiger partial charge in [-0.1, -0.05) is 0 Å². The monoisotopic (exact) mass is 278 g/mol. The number of morpholine rings is 1. The minimum atomic E-state index is 0.0966. The summed E-state index contributed by atoms with van der Waals surface area (Å²) in [4.78, 5) is 13.0. The number of benzene rings is 1. The Morgan fingerprint density at radius 2 is 2.05 bits per heavy atom. The molecule has 1 heterocycles. The van der Waals surface area contributed by atoms with E-state index in [4.69, 9.17) is 9.47 Å². The molecule has 1 aliphatic rings. The van der Waals surface area contributed by atoms with E-state index in [9.17, 15) is 4.79 Å². The Bertz CT molecular complexity index is 465. The highest BCUT2D eigenvalue weighted by molar-refractivity contribution is 5.94. The number of rotatable bonds is 5. The van der Waals surface area contributed by atoms with Gasteiger partial charge in [0.15, 0.2) is 5.78 Å². The van der Waals surface area contributed by atoms with Crippen molar-refractivity contribution in [2.24, 2.45) is 0 Å². The summed E-state index contributed by atoms with van der Waals surface area (Å²) in [6.45, 7) is 10.1. The number of ketones is 1. The van der Waals surface area contributed by atoms with Crippen LogP contribution < -0.4 is 9.64 Å². The molecule has 1 aromatic rings. The molecule has 110 valence electrons. The van der Waals surface area contributed by atoms with Crippen molar-refractivity contribution >= 4 is 5.78 Å². The van der Waals surface area contributed by atoms with E-state index in [1.807, 2.05) is 32.0 Å².